The monoisotopic (exact) mass is 510 g/mol. The molecule has 0 saturated carbocycles. The minimum absolute atomic E-state index is 0.406. The highest BCUT2D eigenvalue weighted by Gasteiger charge is 2.53. The van der Waals surface area contributed by atoms with Gasteiger partial charge >= 0.3 is 0 Å². The quantitative estimate of drug-likeness (QED) is 0.275. The summed E-state index contributed by atoms with van der Waals surface area (Å²) in [5.41, 5.74) is 1.75. The summed E-state index contributed by atoms with van der Waals surface area (Å²) in [7, 11) is 4.13. The van der Waals surface area contributed by atoms with Crippen molar-refractivity contribution < 1.29 is 24.8 Å². The van der Waals surface area contributed by atoms with Crippen molar-refractivity contribution in [1.82, 2.24) is 14.5 Å². The maximum absolute atomic E-state index is 11.1. The summed E-state index contributed by atoms with van der Waals surface area (Å²) in [4.78, 5) is 6.88. The van der Waals surface area contributed by atoms with E-state index in [1.54, 1.807) is 10.6 Å². The molecule has 2 aromatic carbocycles. The number of aromatic nitrogens is 2. The Hall–Kier alpha value is -2.95. The van der Waals surface area contributed by atoms with E-state index in [4.69, 9.17) is 14.5 Å². The zero-order valence-corrected chi connectivity index (χ0v) is 21.8. The molecular formula is C28H38N4O5. The van der Waals surface area contributed by atoms with Gasteiger partial charge in [-0.25, -0.2) is 4.98 Å². The predicted octanol–water partition coefficient (Wildman–Crippen LogP) is 3.01. The molecule has 0 spiro atoms. The Balaban J connectivity index is 1.55. The summed E-state index contributed by atoms with van der Waals surface area (Å²) in [5, 5.41) is 34.7. The molecule has 2 heterocycles. The fourth-order valence-corrected chi connectivity index (χ4v) is 4.65. The van der Waals surface area contributed by atoms with Crippen LogP contribution in [-0.4, -0.2) is 81.4 Å². The van der Waals surface area contributed by atoms with Crippen molar-refractivity contribution in [3.8, 4) is 5.75 Å². The van der Waals surface area contributed by atoms with Crippen LogP contribution in [0.2, 0.25) is 0 Å². The average Bonchev–Trinajstić information content (AvgIpc) is 3.35. The first-order valence-corrected chi connectivity index (χ1v) is 12.7. The number of hydrogen-bond acceptors (Lipinski definition) is 8. The highest BCUT2D eigenvalue weighted by molar-refractivity contribution is 5.79. The summed E-state index contributed by atoms with van der Waals surface area (Å²) in [6, 6.07) is 13.5. The molecule has 0 radical (unpaired) electrons. The molecule has 4 atom stereocenters. The highest BCUT2D eigenvalue weighted by Crippen LogP contribution is 2.41. The largest absolute Gasteiger partial charge is 0.493 e. The van der Waals surface area contributed by atoms with Crippen LogP contribution in [-0.2, 0) is 11.3 Å². The molecular weight excluding hydrogens is 472 g/mol. The number of unbranched alkanes of at least 4 members (excludes halogenated alkanes) is 1. The number of rotatable bonds is 12. The van der Waals surface area contributed by atoms with E-state index in [2.05, 4.69) is 30.9 Å². The number of nitrogens with zero attached hydrogens (tertiary/aromatic N) is 3. The molecule has 9 heteroatoms. The van der Waals surface area contributed by atoms with E-state index in [0.717, 1.165) is 47.3 Å². The Kier molecular flexibility index (Phi) is 8.51. The molecule has 1 aromatic heterocycles. The molecule has 0 amide bonds. The topological polar surface area (TPSA) is 112 Å². The third kappa shape index (κ3) is 5.81. The Bertz CT molecular complexity index is 1210. The molecule has 4 rings (SSSR count). The Morgan fingerprint density at radius 3 is 2.73 bits per heavy atom. The molecule has 37 heavy (non-hydrogen) atoms. The van der Waals surface area contributed by atoms with E-state index in [0.29, 0.717) is 19.1 Å². The van der Waals surface area contributed by atoms with Gasteiger partial charge in [-0.2, -0.15) is 0 Å². The van der Waals surface area contributed by atoms with Gasteiger partial charge in [-0.15, -0.1) is 0 Å². The molecule has 1 aliphatic heterocycles. The van der Waals surface area contributed by atoms with Crippen LogP contribution >= 0.6 is 0 Å². The van der Waals surface area contributed by atoms with Gasteiger partial charge in [0.2, 0.25) is 5.95 Å². The number of anilines is 1. The minimum atomic E-state index is -1.63. The Morgan fingerprint density at radius 2 is 2.03 bits per heavy atom. The second-order valence-electron chi connectivity index (χ2n) is 9.96. The zero-order valence-electron chi connectivity index (χ0n) is 21.8. The van der Waals surface area contributed by atoms with Crippen LogP contribution in [0.1, 0.15) is 37.1 Å². The van der Waals surface area contributed by atoms with Crippen LogP contribution in [0.5, 0.6) is 5.75 Å². The first kappa shape index (κ1) is 27.1. The van der Waals surface area contributed by atoms with E-state index < -0.39 is 30.6 Å². The van der Waals surface area contributed by atoms with Crippen molar-refractivity contribution in [1.29, 1.82) is 0 Å². The first-order chi connectivity index (χ1) is 17.8. The molecule has 4 N–H and O–H groups in total. The lowest BCUT2D eigenvalue weighted by Crippen LogP contribution is -2.44. The van der Waals surface area contributed by atoms with Crippen LogP contribution in [0.3, 0.4) is 0 Å². The maximum atomic E-state index is 11.1. The van der Waals surface area contributed by atoms with Crippen LogP contribution in [0.25, 0.3) is 17.1 Å². The summed E-state index contributed by atoms with van der Waals surface area (Å²) in [5.74, 6) is 1.26. The summed E-state index contributed by atoms with van der Waals surface area (Å²) in [6.07, 6.45) is 0.710. The van der Waals surface area contributed by atoms with Gasteiger partial charge in [0.15, 0.2) is 6.23 Å². The Morgan fingerprint density at radius 1 is 1.24 bits per heavy atom. The number of benzene rings is 2. The SMILES string of the molecule is C=Cc1ccc(CNc2nc3ccccc3n2C2OC(CO)C(O)C2(C)O)cc1OCCCCN(C)C. The normalized spacial score (nSPS) is 23.6. The lowest BCUT2D eigenvalue weighted by molar-refractivity contribution is -0.0939. The van der Waals surface area contributed by atoms with Gasteiger partial charge < -0.3 is 35.0 Å². The minimum Gasteiger partial charge on any atom is -0.493 e. The van der Waals surface area contributed by atoms with Gasteiger partial charge in [0.25, 0.3) is 0 Å². The second kappa shape index (κ2) is 11.6. The zero-order chi connectivity index (χ0) is 26.6. The first-order valence-electron chi connectivity index (χ1n) is 12.7. The van der Waals surface area contributed by atoms with Gasteiger partial charge in [-0.1, -0.05) is 36.9 Å². The molecule has 1 saturated heterocycles. The fraction of sp³-hybridized carbons (Fsp3) is 0.464. The van der Waals surface area contributed by atoms with Crippen molar-refractivity contribution in [2.45, 2.75) is 50.3 Å². The van der Waals surface area contributed by atoms with E-state index in [1.807, 2.05) is 42.5 Å². The molecule has 1 aliphatic rings. The standard InChI is InChI=1S/C28H38N4O5/c1-5-20-13-12-19(16-23(20)36-15-9-8-14-31(3)4)17-29-27-30-21-10-6-7-11-22(21)32(27)26-28(2,35)25(34)24(18-33)37-26/h5-7,10-13,16,24-26,33-35H,1,8-9,14-15,17-18H2,2-4H3,(H,29,30). The van der Waals surface area contributed by atoms with E-state index >= 15 is 0 Å². The van der Waals surface area contributed by atoms with E-state index in [-0.39, 0.29) is 0 Å². The van der Waals surface area contributed by atoms with Gasteiger partial charge in [0.1, 0.15) is 23.6 Å². The molecule has 200 valence electrons. The lowest BCUT2D eigenvalue weighted by Gasteiger charge is -2.29. The van der Waals surface area contributed by atoms with Gasteiger partial charge in [-0.3, -0.25) is 4.57 Å². The molecule has 3 aromatic rings. The molecule has 0 aliphatic carbocycles. The van der Waals surface area contributed by atoms with Crippen molar-refractivity contribution >= 4 is 23.1 Å². The predicted molar refractivity (Wildman–Crippen MR) is 145 cm³/mol. The maximum Gasteiger partial charge on any atom is 0.206 e. The third-order valence-corrected chi connectivity index (χ3v) is 6.77. The van der Waals surface area contributed by atoms with Crippen LogP contribution in [0.4, 0.5) is 5.95 Å². The highest BCUT2D eigenvalue weighted by atomic mass is 16.6. The van der Waals surface area contributed by atoms with Crippen LogP contribution < -0.4 is 10.1 Å². The third-order valence-electron chi connectivity index (χ3n) is 6.77. The van der Waals surface area contributed by atoms with Crippen molar-refractivity contribution in [3.05, 3.63) is 60.2 Å². The number of aliphatic hydroxyl groups excluding tert-OH is 2. The van der Waals surface area contributed by atoms with Crippen LogP contribution in [0.15, 0.2) is 49.0 Å². The summed E-state index contributed by atoms with van der Waals surface area (Å²) in [6.45, 7) is 7.10. The number of fused-ring (bicyclic) bond motifs is 1. The number of para-hydroxylation sites is 2. The van der Waals surface area contributed by atoms with Crippen LogP contribution in [0, 0.1) is 0 Å². The smallest absolute Gasteiger partial charge is 0.206 e. The van der Waals surface area contributed by atoms with Gasteiger partial charge in [0.05, 0.1) is 24.2 Å². The van der Waals surface area contributed by atoms with Crippen molar-refractivity contribution in [2.24, 2.45) is 0 Å². The molecule has 4 unspecified atom stereocenters. The van der Waals surface area contributed by atoms with Gasteiger partial charge in [-0.05, 0) is 64.2 Å². The number of imidazole rings is 1. The Labute approximate surface area is 218 Å². The number of aliphatic hydroxyl groups is 3. The van der Waals surface area contributed by atoms with Crippen molar-refractivity contribution in [3.63, 3.8) is 0 Å². The van der Waals surface area contributed by atoms with E-state index in [9.17, 15) is 15.3 Å². The molecule has 1 fully saturated rings. The average molecular weight is 511 g/mol. The number of hydrogen-bond donors (Lipinski definition) is 4. The summed E-state index contributed by atoms with van der Waals surface area (Å²) >= 11 is 0. The lowest BCUT2D eigenvalue weighted by atomic mass is 9.96. The molecule has 9 nitrogen and oxygen atoms in total. The molecule has 0 bridgehead atoms. The fourth-order valence-electron chi connectivity index (χ4n) is 4.65. The van der Waals surface area contributed by atoms with Gasteiger partial charge in [0, 0.05) is 12.1 Å². The summed E-state index contributed by atoms with van der Waals surface area (Å²) < 4.78 is 13.7. The van der Waals surface area contributed by atoms with E-state index in [1.165, 1.54) is 6.92 Å². The number of nitrogens with one attached hydrogen (secondary N) is 1. The number of ether oxygens (including phenoxy) is 2. The second-order valence-corrected chi connectivity index (χ2v) is 9.96. The van der Waals surface area contributed by atoms with Crippen molar-refractivity contribution in [2.75, 3.05) is 39.2 Å².